The number of aliphatic imine (C=N–C) groups is 1. The van der Waals surface area contributed by atoms with Gasteiger partial charge in [0.05, 0.1) is 16.8 Å². The first-order valence-electron chi connectivity index (χ1n) is 12.5. The van der Waals surface area contributed by atoms with Gasteiger partial charge in [-0.1, -0.05) is 91.8 Å². The van der Waals surface area contributed by atoms with Crippen molar-refractivity contribution < 1.29 is 4.79 Å². The van der Waals surface area contributed by atoms with Gasteiger partial charge in [-0.05, 0) is 59.8 Å². The van der Waals surface area contributed by atoms with E-state index >= 15 is 0 Å². The first-order valence-corrected chi connectivity index (χ1v) is 13.1. The quantitative estimate of drug-likeness (QED) is 0.199. The number of benzene rings is 2. The highest BCUT2D eigenvalue weighted by Crippen LogP contribution is 2.39. The molecule has 2 rings (SSSR count). The summed E-state index contributed by atoms with van der Waals surface area (Å²) in [6, 6.07) is 12.7. The summed E-state index contributed by atoms with van der Waals surface area (Å²) in [6.07, 6.45) is 1.75. The van der Waals surface area contributed by atoms with E-state index in [0.29, 0.717) is 11.8 Å². The van der Waals surface area contributed by atoms with Crippen molar-refractivity contribution in [2.75, 3.05) is 10.8 Å². The standard InChI is InChI=1S/C30H43ClN2O/c1-19(2)23-13-11-14-24(20(3)4)27(23)32-18-33(29(34)30(9,10)17-31)28-25(21(5)6)15-12-16-26(28)22(7)8/h11-16,18-22H,17H2,1-10H3. The number of para-hydroxylation sites is 2. The van der Waals surface area contributed by atoms with E-state index in [1.54, 1.807) is 11.2 Å². The third-order valence-corrected chi connectivity index (χ3v) is 7.03. The zero-order valence-electron chi connectivity index (χ0n) is 22.7. The molecule has 0 spiro atoms. The molecule has 0 saturated carbocycles. The van der Waals surface area contributed by atoms with Crippen molar-refractivity contribution in [1.29, 1.82) is 0 Å². The number of carbonyl (C=O) groups is 1. The van der Waals surface area contributed by atoms with Crippen molar-refractivity contribution in [3.8, 4) is 0 Å². The normalized spacial score (nSPS) is 12.6. The van der Waals surface area contributed by atoms with Crippen LogP contribution in [0.15, 0.2) is 41.4 Å². The fraction of sp³-hybridized carbons (Fsp3) is 0.533. The summed E-state index contributed by atoms with van der Waals surface area (Å²) in [6.45, 7) is 21.2. The zero-order valence-corrected chi connectivity index (χ0v) is 23.5. The fourth-order valence-electron chi connectivity index (χ4n) is 4.16. The molecule has 2 aromatic rings. The lowest BCUT2D eigenvalue weighted by Crippen LogP contribution is -2.42. The van der Waals surface area contributed by atoms with Gasteiger partial charge < -0.3 is 0 Å². The lowest BCUT2D eigenvalue weighted by atomic mass is 9.89. The summed E-state index contributed by atoms with van der Waals surface area (Å²) in [4.78, 5) is 20.8. The van der Waals surface area contributed by atoms with Crippen LogP contribution >= 0.6 is 11.6 Å². The minimum Gasteiger partial charge on any atom is -0.273 e. The number of amides is 1. The van der Waals surface area contributed by atoms with E-state index in [-0.39, 0.29) is 23.6 Å². The lowest BCUT2D eigenvalue weighted by Gasteiger charge is -2.32. The van der Waals surface area contributed by atoms with Crippen LogP contribution in [0.5, 0.6) is 0 Å². The summed E-state index contributed by atoms with van der Waals surface area (Å²) in [5.74, 6) is 1.34. The van der Waals surface area contributed by atoms with Crippen molar-refractivity contribution in [3.63, 3.8) is 0 Å². The molecule has 4 heteroatoms. The summed E-state index contributed by atoms with van der Waals surface area (Å²) in [5.41, 5.74) is 5.81. The average molecular weight is 483 g/mol. The van der Waals surface area contributed by atoms with Gasteiger partial charge in [0.15, 0.2) is 0 Å². The highest BCUT2D eigenvalue weighted by atomic mass is 35.5. The number of hydrogen-bond donors (Lipinski definition) is 0. The van der Waals surface area contributed by atoms with E-state index < -0.39 is 5.41 Å². The van der Waals surface area contributed by atoms with Crippen molar-refractivity contribution in [2.24, 2.45) is 10.4 Å². The number of alkyl halides is 1. The van der Waals surface area contributed by atoms with Gasteiger partial charge in [-0.15, -0.1) is 11.6 Å². The monoisotopic (exact) mass is 482 g/mol. The van der Waals surface area contributed by atoms with Gasteiger partial charge in [0.1, 0.15) is 6.34 Å². The molecule has 0 aliphatic carbocycles. The summed E-state index contributed by atoms with van der Waals surface area (Å²) < 4.78 is 0. The van der Waals surface area contributed by atoms with E-state index in [1.165, 1.54) is 11.1 Å². The van der Waals surface area contributed by atoms with Gasteiger partial charge >= 0.3 is 0 Å². The Bertz CT molecular complexity index is 966. The molecule has 0 heterocycles. The number of carbonyl (C=O) groups excluding carboxylic acids is 1. The predicted octanol–water partition coefficient (Wildman–Crippen LogP) is 9.14. The van der Waals surface area contributed by atoms with E-state index in [0.717, 1.165) is 22.5 Å². The van der Waals surface area contributed by atoms with Crippen LogP contribution in [0.3, 0.4) is 0 Å². The summed E-state index contributed by atoms with van der Waals surface area (Å²) in [7, 11) is 0. The molecule has 2 aromatic carbocycles. The van der Waals surface area contributed by atoms with Crippen molar-refractivity contribution in [1.82, 2.24) is 0 Å². The summed E-state index contributed by atoms with van der Waals surface area (Å²) in [5, 5.41) is 0. The number of anilines is 1. The van der Waals surface area contributed by atoms with Gasteiger partial charge in [0, 0.05) is 5.88 Å². The molecule has 0 radical (unpaired) electrons. The molecule has 34 heavy (non-hydrogen) atoms. The second-order valence-electron chi connectivity index (χ2n) is 11.1. The minimum atomic E-state index is -0.732. The van der Waals surface area contributed by atoms with Crippen LogP contribution in [0, 0.1) is 5.41 Å². The van der Waals surface area contributed by atoms with Crippen LogP contribution < -0.4 is 4.90 Å². The maximum absolute atomic E-state index is 14.0. The molecule has 0 unspecified atom stereocenters. The van der Waals surface area contributed by atoms with Crippen LogP contribution in [0.4, 0.5) is 11.4 Å². The highest BCUT2D eigenvalue weighted by Gasteiger charge is 2.34. The molecule has 3 nitrogen and oxygen atoms in total. The van der Waals surface area contributed by atoms with Gasteiger partial charge in [-0.25, -0.2) is 4.99 Å². The molecule has 0 aromatic heterocycles. The maximum atomic E-state index is 14.0. The molecule has 186 valence electrons. The molecule has 0 saturated heterocycles. The van der Waals surface area contributed by atoms with E-state index in [1.807, 2.05) is 13.8 Å². The highest BCUT2D eigenvalue weighted by molar-refractivity contribution is 6.22. The largest absolute Gasteiger partial charge is 0.273 e. The topological polar surface area (TPSA) is 32.7 Å². The Morgan fingerprint density at radius 3 is 1.56 bits per heavy atom. The minimum absolute atomic E-state index is 0.0469. The first kappa shape index (κ1) is 28.1. The molecule has 0 aliphatic heterocycles. The molecule has 0 bridgehead atoms. The molecule has 0 aliphatic rings. The van der Waals surface area contributed by atoms with Crippen molar-refractivity contribution in [3.05, 3.63) is 58.7 Å². The van der Waals surface area contributed by atoms with Crippen molar-refractivity contribution in [2.45, 2.75) is 92.9 Å². The fourth-order valence-corrected chi connectivity index (χ4v) is 4.28. The van der Waals surface area contributed by atoms with Crippen LogP contribution in [-0.2, 0) is 4.79 Å². The number of nitrogens with zero attached hydrogens (tertiary/aromatic N) is 2. The second-order valence-corrected chi connectivity index (χ2v) is 11.4. The van der Waals surface area contributed by atoms with E-state index in [4.69, 9.17) is 16.6 Å². The van der Waals surface area contributed by atoms with Crippen LogP contribution in [0.2, 0.25) is 0 Å². The number of rotatable bonds is 9. The van der Waals surface area contributed by atoms with E-state index in [9.17, 15) is 4.79 Å². The molecular weight excluding hydrogens is 440 g/mol. The van der Waals surface area contributed by atoms with Crippen molar-refractivity contribution >= 4 is 35.2 Å². The Balaban J connectivity index is 2.85. The van der Waals surface area contributed by atoms with E-state index in [2.05, 4.69) is 91.8 Å². The Hall–Kier alpha value is -2.13. The Kier molecular flexibility index (Phi) is 9.53. The predicted molar refractivity (Wildman–Crippen MR) is 149 cm³/mol. The zero-order chi connectivity index (χ0) is 25.8. The van der Waals surface area contributed by atoms with Gasteiger partial charge in [0.25, 0.3) is 0 Å². The second kappa shape index (κ2) is 11.5. The first-order chi connectivity index (χ1) is 15.8. The van der Waals surface area contributed by atoms with Crippen LogP contribution in [-0.4, -0.2) is 18.1 Å². The average Bonchev–Trinajstić information content (AvgIpc) is 2.78. The van der Waals surface area contributed by atoms with Gasteiger partial charge in [-0.3, -0.25) is 9.69 Å². The molecule has 0 atom stereocenters. The van der Waals surface area contributed by atoms with Crippen LogP contribution in [0.1, 0.15) is 115 Å². The molecule has 0 fully saturated rings. The smallest absolute Gasteiger partial charge is 0.239 e. The van der Waals surface area contributed by atoms with Gasteiger partial charge in [-0.2, -0.15) is 0 Å². The Labute approximate surface area is 212 Å². The molecule has 0 N–H and O–H groups in total. The number of halogens is 1. The molecule has 1 amide bonds. The van der Waals surface area contributed by atoms with Gasteiger partial charge in [0.2, 0.25) is 5.91 Å². The third kappa shape index (κ3) is 6.10. The summed E-state index contributed by atoms with van der Waals surface area (Å²) >= 11 is 6.28. The van der Waals surface area contributed by atoms with Crippen LogP contribution in [0.25, 0.3) is 0 Å². The SMILES string of the molecule is CC(C)c1cccc(C(C)C)c1N=CN(C(=O)C(C)(C)CCl)c1c(C(C)C)cccc1C(C)C. The third-order valence-electron chi connectivity index (χ3n) is 6.36. The Morgan fingerprint density at radius 1 is 0.824 bits per heavy atom. The Morgan fingerprint density at radius 2 is 1.21 bits per heavy atom. The maximum Gasteiger partial charge on any atom is 0.239 e. The number of hydrogen-bond acceptors (Lipinski definition) is 2. The lowest BCUT2D eigenvalue weighted by molar-refractivity contribution is -0.124. The molecular formula is C30H43ClN2O.